The summed E-state index contributed by atoms with van der Waals surface area (Å²) >= 11 is 0. The summed E-state index contributed by atoms with van der Waals surface area (Å²) in [6.07, 6.45) is -1.64. The molecule has 18 heavy (non-hydrogen) atoms. The predicted molar refractivity (Wildman–Crippen MR) is 62.7 cm³/mol. The van der Waals surface area contributed by atoms with Crippen LogP contribution in [0.3, 0.4) is 0 Å². The van der Waals surface area contributed by atoms with Crippen LogP contribution in [0.2, 0.25) is 0 Å². The summed E-state index contributed by atoms with van der Waals surface area (Å²) in [5.74, 6) is 0. The van der Waals surface area contributed by atoms with Crippen molar-refractivity contribution in [3.63, 3.8) is 0 Å². The van der Waals surface area contributed by atoms with E-state index in [9.17, 15) is 9.59 Å². The number of methoxy groups -OCH3 is 2. The van der Waals surface area contributed by atoms with Gasteiger partial charge in [-0.05, 0) is 5.56 Å². The Bertz CT molecular complexity index is 393. The molecule has 0 heterocycles. The molecule has 0 spiro atoms. The third-order valence-corrected chi connectivity index (χ3v) is 2.08. The molecule has 2 amide bonds. The molecule has 6 nitrogen and oxygen atoms in total. The van der Waals surface area contributed by atoms with Crippen molar-refractivity contribution in [3.05, 3.63) is 35.9 Å². The van der Waals surface area contributed by atoms with Crippen LogP contribution in [0.25, 0.3) is 0 Å². The van der Waals surface area contributed by atoms with Crippen molar-refractivity contribution in [2.45, 2.75) is 6.61 Å². The first-order valence-electron chi connectivity index (χ1n) is 5.24. The van der Waals surface area contributed by atoms with Crippen LogP contribution in [0.4, 0.5) is 9.59 Å². The number of hydrogen-bond acceptors (Lipinski definition) is 5. The van der Waals surface area contributed by atoms with E-state index in [4.69, 9.17) is 9.47 Å². The predicted octanol–water partition coefficient (Wildman–Crippen LogP) is 2.00. The molecule has 98 valence electrons. The highest BCUT2D eigenvalue weighted by Gasteiger charge is 2.23. The number of hydrogen-bond donors (Lipinski definition) is 0. The summed E-state index contributed by atoms with van der Waals surface area (Å²) in [6, 6.07) is 9.14. The zero-order chi connectivity index (χ0) is 13.4. The monoisotopic (exact) mass is 253 g/mol. The lowest BCUT2D eigenvalue weighted by Crippen LogP contribution is -2.38. The van der Waals surface area contributed by atoms with Gasteiger partial charge in [-0.2, -0.15) is 4.90 Å². The maximum absolute atomic E-state index is 11.6. The second-order valence-corrected chi connectivity index (χ2v) is 3.36. The minimum Gasteiger partial charge on any atom is -0.452 e. The highest BCUT2D eigenvalue weighted by Crippen LogP contribution is 2.04. The van der Waals surface area contributed by atoms with Crippen molar-refractivity contribution < 1.29 is 23.8 Å². The van der Waals surface area contributed by atoms with E-state index in [0.717, 1.165) is 10.5 Å². The highest BCUT2D eigenvalue weighted by atomic mass is 16.6. The quantitative estimate of drug-likeness (QED) is 0.768. The molecule has 1 aromatic carbocycles. The number of rotatable bonds is 4. The van der Waals surface area contributed by atoms with E-state index in [-0.39, 0.29) is 13.3 Å². The number of carbonyl (C=O) groups is 2. The smallest absolute Gasteiger partial charge is 0.421 e. The maximum Gasteiger partial charge on any atom is 0.421 e. The number of carbonyl (C=O) groups excluding carboxylic acids is 2. The fourth-order valence-corrected chi connectivity index (χ4v) is 1.22. The lowest BCUT2D eigenvalue weighted by molar-refractivity contribution is 0.0343. The summed E-state index contributed by atoms with van der Waals surface area (Å²) in [5, 5.41) is 0. The van der Waals surface area contributed by atoms with Gasteiger partial charge in [-0.3, -0.25) is 0 Å². The first-order valence-corrected chi connectivity index (χ1v) is 5.24. The molecule has 1 rings (SSSR count). The minimum atomic E-state index is -0.824. The molecule has 0 radical (unpaired) electrons. The molecule has 0 saturated carbocycles. The van der Waals surface area contributed by atoms with E-state index in [2.05, 4.69) is 4.74 Å². The largest absolute Gasteiger partial charge is 0.452 e. The number of amides is 2. The average molecular weight is 253 g/mol. The maximum atomic E-state index is 11.6. The first kappa shape index (κ1) is 14.0. The van der Waals surface area contributed by atoms with Gasteiger partial charge in [-0.25, -0.2) is 9.59 Å². The number of ether oxygens (including phenoxy) is 3. The van der Waals surface area contributed by atoms with Gasteiger partial charge in [0, 0.05) is 7.11 Å². The van der Waals surface area contributed by atoms with Crippen molar-refractivity contribution in [2.75, 3.05) is 21.0 Å². The van der Waals surface area contributed by atoms with Crippen molar-refractivity contribution >= 4 is 12.2 Å². The molecule has 0 fully saturated rings. The Kier molecular flexibility index (Phi) is 5.66. The molecular formula is C12H15NO5. The Hall–Kier alpha value is -2.08. The van der Waals surface area contributed by atoms with Crippen molar-refractivity contribution in [2.24, 2.45) is 0 Å². The van der Waals surface area contributed by atoms with Gasteiger partial charge >= 0.3 is 12.2 Å². The molecule has 0 atom stereocenters. The second-order valence-electron chi connectivity index (χ2n) is 3.36. The van der Waals surface area contributed by atoms with E-state index in [1.807, 2.05) is 30.3 Å². The van der Waals surface area contributed by atoms with Crippen LogP contribution in [-0.2, 0) is 20.8 Å². The van der Waals surface area contributed by atoms with E-state index < -0.39 is 12.2 Å². The van der Waals surface area contributed by atoms with Crippen LogP contribution < -0.4 is 0 Å². The number of imide groups is 1. The van der Waals surface area contributed by atoms with Crippen molar-refractivity contribution in [1.29, 1.82) is 0 Å². The molecule has 0 aromatic heterocycles. The lowest BCUT2D eigenvalue weighted by atomic mass is 10.2. The van der Waals surface area contributed by atoms with Crippen LogP contribution in [0.15, 0.2) is 30.3 Å². The van der Waals surface area contributed by atoms with Gasteiger partial charge in [0.05, 0.1) is 7.11 Å². The van der Waals surface area contributed by atoms with Gasteiger partial charge in [0.2, 0.25) is 0 Å². The third-order valence-electron chi connectivity index (χ3n) is 2.08. The van der Waals surface area contributed by atoms with Crippen LogP contribution in [-0.4, -0.2) is 38.0 Å². The van der Waals surface area contributed by atoms with Gasteiger partial charge in [-0.15, -0.1) is 0 Å². The zero-order valence-electron chi connectivity index (χ0n) is 10.3. The van der Waals surface area contributed by atoms with Crippen LogP contribution in [0.5, 0.6) is 0 Å². The minimum absolute atomic E-state index is 0.0802. The fraction of sp³-hybridized carbons (Fsp3) is 0.333. The van der Waals surface area contributed by atoms with Crippen molar-refractivity contribution in [3.8, 4) is 0 Å². The summed E-state index contributed by atoms with van der Waals surface area (Å²) in [7, 11) is 2.54. The molecule has 1 aromatic rings. The average Bonchev–Trinajstić information content (AvgIpc) is 2.42. The number of benzene rings is 1. The van der Waals surface area contributed by atoms with Crippen molar-refractivity contribution in [1.82, 2.24) is 4.90 Å². The Labute approximate surface area is 105 Å². The Morgan fingerprint density at radius 1 is 1.11 bits per heavy atom. The summed E-state index contributed by atoms with van der Waals surface area (Å²) in [4.78, 5) is 23.6. The zero-order valence-corrected chi connectivity index (χ0v) is 10.3. The standard InChI is InChI=1S/C12H15NO5/c1-16-9-13(11(14)17-2)12(15)18-8-10-6-4-3-5-7-10/h3-7H,8-9H2,1-2H3. The Morgan fingerprint density at radius 2 is 1.78 bits per heavy atom. The Morgan fingerprint density at radius 3 is 2.33 bits per heavy atom. The second kappa shape index (κ2) is 7.29. The van der Waals surface area contributed by atoms with Gasteiger partial charge in [-0.1, -0.05) is 30.3 Å². The summed E-state index contributed by atoms with van der Waals surface area (Å²) in [6.45, 7) is -0.142. The van der Waals surface area contributed by atoms with Crippen LogP contribution in [0.1, 0.15) is 5.56 Å². The SMILES string of the molecule is COCN(C(=O)OC)C(=O)OCc1ccccc1. The molecule has 6 heteroatoms. The molecule has 0 bridgehead atoms. The molecule has 0 aliphatic rings. The summed E-state index contributed by atoms with van der Waals surface area (Å²) in [5.41, 5.74) is 0.827. The van der Waals surface area contributed by atoms with E-state index in [1.165, 1.54) is 14.2 Å². The normalized spacial score (nSPS) is 9.67. The molecule has 0 unspecified atom stereocenters. The fourth-order valence-electron chi connectivity index (χ4n) is 1.22. The van der Waals surface area contributed by atoms with Gasteiger partial charge in [0.15, 0.2) is 0 Å². The van der Waals surface area contributed by atoms with Crippen LogP contribution >= 0.6 is 0 Å². The van der Waals surface area contributed by atoms with E-state index in [1.54, 1.807) is 0 Å². The lowest BCUT2D eigenvalue weighted by Gasteiger charge is -2.17. The third kappa shape index (κ3) is 4.06. The van der Waals surface area contributed by atoms with Crippen LogP contribution in [0, 0.1) is 0 Å². The molecule has 0 aliphatic carbocycles. The molecular weight excluding hydrogens is 238 g/mol. The topological polar surface area (TPSA) is 65.1 Å². The van der Waals surface area contributed by atoms with Gasteiger partial charge in [0.25, 0.3) is 0 Å². The van der Waals surface area contributed by atoms with Gasteiger partial charge < -0.3 is 14.2 Å². The molecule has 0 aliphatic heterocycles. The molecule has 0 N–H and O–H groups in total. The Balaban J connectivity index is 2.54. The first-order chi connectivity index (χ1) is 8.69. The van der Waals surface area contributed by atoms with Gasteiger partial charge in [0.1, 0.15) is 13.3 Å². The molecule has 0 saturated heterocycles. The highest BCUT2D eigenvalue weighted by molar-refractivity contribution is 5.87. The van der Waals surface area contributed by atoms with E-state index >= 15 is 0 Å². The summed E-state index contributed by atoms with van der Waals surface area (Å²) < 4.78 is 14.1. The van der Waals surface area contributed by atoms with E-state index in [0.29, 0.717) is 0 Å². The number of nitrogens with zero attached hydrogens (tertiary/aromatic N) is 1.